The van der Waals surface area contributed by atoms with E-state index in [1.54, 1.807) is 0 Å². The first-order chi connectivity index (χ1) is 7.60. The van der Waals surface area contributed by atoms with Gasteiger partial charge in [0.25, 0.3) is 0 Å². The molecule has 1 aromatic heterocycles. The van der Waals surface area contributed by atoms with E-state index in [-0.39, 0.29) is 29.4 Å². The molecule has 1 atom stereocenters. The number of hydrogen-bond acceptors (Lipinski definition) is 6. The number of nitrogen functional groups attached to an aromatic ring is 2. The highest BCUT2D eigenvalue weighted by Gasteiger charge is 2.31. The Morgan fingerprint density at radius 1 is 1.44 bits per heavy atom. The number of carbonyl (C=O) groups is 1. The van der Waals surface area contributed by atoms with Gasteiger partial charge in [-0.15, -0.1) is 0 Å². The van der Waals surface area contributed by atoms with E-state index in [1.807, 2.05) is 0 Å². The van der Waals surface area contributed by atoms with Crippen LogP contribution >= 0.6 is 12.6 Å². The number of rotatable bonds is 2. The summed E-state index contributed by atoms with van der Waals surface area (Å²) >= 11 is 4.18. The number of nitrogens with two attached hydrogens (primary N) is 2. The maximum absolute atomic E-state index is 11.7. The van der Waals surface area contributed by atoms with Crippen LogP contribution in [0.15, 0.2) is 6.07 Å². The Morgan fingerprint density at radius 2 is 2.06 bits per heavy atom. The number of carbonyl (C=O) groups excluding carboxylic acids is 1. The van der Waals surface area contributed by atoms with Crippen LogP contribution in [0.25, 0.3) is 0 Å². The number of nitrogens with zero attached hydrogens (tertiary/aromatic N) is 3. The van der Waals surface area contributed by atoms with E-state index in [4.69, 9.17) is 11.5 Å². The molecule has 1 fully saturated rings. The molecule has 16 heavy (non-hydrogen) atoms. The van der Waals surface area contributed by atoms with Crippen LogP contribution in [0, 0.1) is 5.92 Å². The fourth-order valence-electron chi connectivity index (χ4n) is 1.69. The van der Waals surface area contributed by atoms with E-state index in [1.165, 1.54) is 11.0 Å². The summed E-state index contributed by atoms with van der Waals surface area (Å²) in [5.74, 6) is 1.72. The second-order valence-electron chi connectivity index (χ2n) is 3.77. The maximum atomic E-state index is 11.7. The smallest absolute Gasteiger partial charge is 0.236 e. The lowest BCUT2D eigenvalue weighted by atomic mass is 10.1. The summed E-state index contributed by atoms with van der Waals surface area (Å²) in [6.07, 6.45) is 0.474. The van der Waals surface area contributed by atoms with Crippen LogP contribution < -0.4 is 16.4 Å². The molecule has 1 aliphatic rings. The van der Waals surface area contributed by atoms with E-state index in [9.17, 15) is 4.79 Å². The zero-order valence-corrected chi connectivity index (χ0v) is 9.52. The van der Waals surface area contributed by atoms with Crippen molar-refractivity contribution < 1.29 is 4.79 Å². The molecule has 0 radical (unpaired) electrons. The van der Waals surface area contributed by atoms with Crippen molar-refractivity contribution in [2.24, 2.45) is 5.92 Å². The molecule has 1 unspecified atom stereocenters. The summed E-state index contributed by atoms with van der Waals surface area (Å²) in [7, 11) is 0. The third kappa shape index (κ3) is 2.04. The normalized spacial score (nSPS) is 20.4. The lowest BCUT2D eigenvalue weighted by molar-refractivity contribution is -0.117. The van der Waals surface area contributed by atoms with E-state index < -0.39 is 0 Å². The van der Waals surface area contributed by atoms with Crippen molar-refractivity contribution >= 4 is 36.1 Å². The van der Waals surface area contributed by atoms with Gasteiger partial charge >= 0.3 is 0 Å². The zero-order chi connectivity index (χ0) is 11.7. The van der Waals surface area contributed by atoms with Gasteiger partial charge in [-0.05, 0) is 11.7 Å². The number of hydrogen-bond donors (Lipinski definition) is 3. The van der Waals surface area contributed by atoms with Gasteiger partial charge in [-0.3, -0.25) is 9.69 Å². The van der Waals surface area contributed by atoms with Crippen molar-refractivity contribution in [2.75, 3.05) is 28.7 Å². The molecule has 1 aromatic rings. The molecular formula is C9H13N5OS. The number of aromatic nitrogens is 2. The molecule has 2 heterocycles. The lowest BCUT2D eigenvalue weighted by Crippen LogP contribution is -2.27. The summed E-state index contributed by atoms with van der Waals surface area (Å²) in [6, 6.07) is 1.46. The van der Waals surface area contributed by atoms with Crippen LogP contribution in [-0.4, -0.2) is 28.2 Å². The van der Waals surface area contributed by atoms with Gasteiger partial charge in [-0.1, -0.05) is 0 Å². The van der Waals surface area contributed by atoms with Crippen molar-refractivity contribution in [3.8, 4) is 0 Å². The van der Waals surface area contributed by atoms with Crippen LogP contribution in [0.5, 0.6) is 0 Å². The minimum absolute atomic E-state index is 0.0101. The Labute approximate surface area is 98.4 Å². The van der Waals surface area contributed by atoms with Crippen LogP contribution in [0.2, 0.25) is 0 Å². The predicted molar refractivity (Wildman–Crippen MR) is 65.2 cm³/mol. The van der Waals surface area contributed by atoms with Crippen LogP contribution in [-0.2, 0) is 4.79 Å². The molecular weight excluding hydrogens is 226 g/mol. The van der Waals surface area contributed by atoms with Gasteiger partial charge < -0.3 is 11.5 Å². The summed E-state index contributed by atoms with van der Waals surface area (Å²) in [5.41, 5.74) is 11.1. The maximum Gasteiger partial charge on any atom is 0.236 e. The lowest BCUT2D eigenvalue weighted by Gasteiger charge is -2.14. The van der Waals surface area contributed by atoms with Gasteiger partial charge in [0.2, 0.25) is 11.9 Å². The van der Waals surface area contributed by atoms with Crippen molar-refractivity contribution in [3.05, 3.63) is 6.07 Å². The fourth-order valence-corrected chi connectivity index (χ4v) is 1.93. The summed E-state index contributed by atoms with van der Waals surface area (Å²) < 4.78 is 0. The van der Waals surface area contributed by atoms with Crippen molar-refractivity contribution in [3.63, 3.8) is 0 Å². The molecule has 6 nitrogen and oxygen atoms in total. The van der Waals surface area contributed by atoms with Gasteiger partial charge in [0.15, 0.2) is 0 Å². The third-order valence-corrected chi connectivity index (χ3v) is 2.98. The van der Waals surface area contributed by atoms with Crippen LogP contribution in [0.3, 0.4) is 0 Å². The molecule has 0 aliphatic carbocycles. The Hall–Kier alpha value is -1.50. The van der Waals surface area contributed by atoms with Crippen molar-refractivity contribution in [1.82, 2.24) is 9.97 Å². The molecule has 2 rings (SSSR count). The molecule has 1 amide bonds. The van der Waals surface area contributed by atoms with E-state index in [0.29, 0.717) is 18.7 Å². The Bertz CT molecular complexity index is 404. The van der Waals surface area contributed by atoms with Crippen molar-refractivity contribution in [1.29, 1.82) is 0 Å². The molecule has 0 aromatic carbocycles. The number of anilines is 3. The summed E-state index contributed by atoms with van der Waals surface area (Å²) in [6.45, 7) is 0.575. The Balaban J connectivity index is 2.27. The molecule has 86 valence electrons. The van der Waals surface area contributed by atoms with Crippen molar-refractivity contribution in [2.45, 2.75) is 6.42 Å². The average Bonchev–Trinajstić information content (AvgIpc) is 2.58. The van der Waals surface area contributed by atoms with Gasteiger partial charge in [-0.25, -0.2) is 0 Å². The van der Waals surface area contributed by atoms with E-state index in [0.717, 1.165) is 0 Å². The number of amides is 1. The first kappa shape index (κ1) is 11.0. The topological polar surface area (TPSA) is 98.1 Å². The van der Waals surface area contributed by atoms with E-state index >= 15 is 0 Å². The summed E-state index contributed by atoms with van der Waals surface area (Å²) in [4.78, 5) is 21.2. The first-order valence-corrected chi connectivity index (χ1v) is 5.54. The Morgan fingerprint density at radius 3 is 2.56 bits per heavy atom. The average molecular weight is 239 g/mol. The first-order valence-electron chi connectivity index (χ1n) is 4.91. The second kappa shape index (κ2) is 4.17. The molecule has 7 heteroatoms. The highest BCUT2D eigenvalue weighted by Crippen LogP contribution is 2.24. The predicted octanol–water partition coefficient (Wildman–Crippen LogP) is -0.0763. The highest BCUT2D eigenvalue weighted by atomic mass is 32.1. The standard InChI is InChI=1S/C9H13N5OS/c10-6-2-7(11)13-9(12-6)14-3-5(4-16)1-8(14)15/h2,5,16H,1,3-4H2,(H4,10,11,12,13). The molecule has 0 bridgehead atoms. The Kier molecular flexibility index (Phi) is 2.86. The summed E-state index contributed by atoms with van der Waals surface area (Å²) in [5, 5.41) is 0. The van der Waals surface area contributed by atoms with Gasteiger partial charge in [0, 0.05) is 19.0 Å². The number of thiol groups is 1. The second-order valence-corrected chi connectivity index (χ2v) is 4.14. The molecule has 0 saturated carbocycles. The third-order valence-electron chi connectivity index (χ3n) is 2.46. The zero-order valence-electron chi connectivity index (χ0n) is 8.63. The highest BCUT2D eigenvalue weighted by molar-refractivity contribution is 7.80. The van der Waals surface area contributed by atoms with Gasteiger partial charge in [0.1, 0.15) is 11.6 Å². The quantitative estimate of drug-likeness (QED) is 0.627. The molecule has 0 spiro atoms. The van der Waals surface area contributed by atoms with Gasteiger partial charge in [-0.2, -0.15) is 22.6 Å². The minimum atomic E-state index is -0.0101. The SMILES string of the molecule is Nc1cc(N)nc(N2CC(CS)CC2=O)n1. The van der Waals surface area contributed by atoms with Gasteiger partial charge in [0.05, 0.1) is 0 Å². The monoisotopic (exact) mass is 239 g/mol. The van der Waals surface area contributed by atoms with Crippen LogP contribution in [0.1, 0.15) is 6.42 Å². The molecule has 1 saturated heterocycles. The fraction of sp³-hybridized carbons (Fsp3) is 0.444. The van der Waals surface area contributed by atoms with Crippen LogP contribution in [0.4, 0.5) is 17.6 Å². The van der Waals surface area contributed by atoms with E-state index in [2.05, 4.69) is 22.6 Å². The largest absolute Gasteiger partial charge is 0.383 e. The molecule has 1 aliphatic heterocycles. The molecule has 4 N–H and O–H groups in total. The minimum Gasteiger partial charge on any atom is -0.383 e.